The lowest BCUT2D eigenvalue weighted by molar-refractivity contribution is -0.142. The SMILES string of the molecule is COC(=O)CN(CC1Cc2cc(Cl)ccc2O1)C(C)C. The predicted octanol–water partition coefficient (Wildman–Crippen LogP) is 2.53. The van der Waals surface area contributed by atoms with Gasteiger partial charge in [-0.25, -0.2) is 0 Å². The van der Waals surface area contributed by atoms with E-state index in [1.165, 1.54) is 7.11 Å². The first-order chi connectivity index (χ1) is 9.49. The van der Waals surface area contributed by atoms with E-state index in [-0.39, 0.29) is 24.7 Å². The first kappa shape index (κ1) is 15.1. The molecule has 1 aromatic rings. The van der Waals surface area contributed by atoms with E-state index < -0.39 is 0 Å². The summed E-state index contributed by atoms with van der Waals surface area (Å²) in [7, 11) is 1.41. The lowest BCUT2D eigenvalue weighted by atomic mass is 10.1. The van der Waals surface area contributed by atoms with E-state index >= 15 is 0 Å². The minimum absolute atomic E-state index is 0.0514. The monoisotopic (exact) mass is 297 g/mol. The number of ether oxygens (including phenoxy) is 2. The number of esters is 1. The summed E-state index contributed by atoms with van der Waals surface area (Å²) in [5.74, 6) is 0.665. The van der Waals surface area contributed by atoms with Crippen molar-refractivity contribution in [2.75, 3.05) is 20.2 Å². The maximum atomic E-state index is 11.4. The molecule has 1 aliphatic rings. The number of rotatable bonds is 5. The van der Waals surface area contributed by atoms with Crippen LogP contribution in [0, 0.1) is 0 Å². The maximum Gasteiger partial charge on any atom is 0.319 e. The van der Waals surface area contributed by atoms with Crippen LogP contribution in [0.1, 0.15) is 19.4 Å². The van der Waals surface area contributed by atoms with Crippen molar-refractivity contribution in [2.45, 2.75) is 32.4 Å². The maximum absolute atomic E-state index is 11.4. The minimum Gasteiger partial charge on any atom is -0.488 e. The summed E-state index contributed by atoms with van der Waals surface area (Å²) < 4.78 is 10.6. The third kappa shape index (κ3) is 3.64. The van der Waals surface area contributed by atoms with Crippen molar-refractivity contribution in [2.24, 2.45) is 0 Å². The standard InChI is InChI=1S/C15H20ClNO3/c1-10(2)17(9-15(18)19-3)8-13-7-11-6-12(16)4-5-14(11)20-13/h4-6,10,13H,7-9H2,1-3H3. The van der Waals surface area contributed by atoms with Crippen LogP contribution in [0.3, 0.4) is 0 Å². The minimum atomic E-state index is -0.225. The Balaban J connectivity index is 1.98. The van der Waals surface area contributed by atoms with Crippen molar-refractivity contribution in [3.05, 3.63) is 28.8 Å². The molecule has 0 spiro atoms. The average molecular weight is 298 g/mol. The van der Waals surface area contributed by atoms with E-state index in [9.17, 15) is 4.79 Å². The van der Waals surface area contributed by atoms with Gasteiger partial charge in [-0.1, -0.05) is 11.6 Å². The molecule has 1 heterocycles. The highest BCUT2D eigenvalue weighted by Crippen LogP contribution is 2.31. The predicted molar refractivity (Wildman–Crippen MR) is 78.3 cm³/mol. The molecule has 1 unspecified atom stereocenters. The largest absolute Gasteiger partial charge is 0.488 e. The zero-order valence-electron chi connectivity index (χ0n) is 12.1. The smallest absolute Gasteiger partial charge is 0.319 e. The molecule has 0 saturated carbocycles. The van der Waals surface area contributed by atoms with Gasteiger partial charge in [-0.05, 0) is 37.6 Å². The van der Waals surface area contributed by atoms with E-state index in [1.54, 1.807) is 0 Å². The van der Waals surface area contributed by atoms with Gasteiger partial charge >= 0.3 is 5.97 Å². The molecule has 5 heteroatoms. The van der Waals surface area contributed by atoms with Gasteiger partial charge in [0.1, 0.15) is 11.9 Å². The number of hydrogen-bond donors (Lipinski definition) is 0. The summed E-state index contributed by atoms with van der Waals surface area (Å²) in [6.45, 7) is 5.09. The van der Waals surface area contributed by atoms with Gasteiger partial charge in [0.15, 0.2) is 0 Å². The summed E-state index contributed by atoms with van der Waals surface area (Å²) in [4.78, 5) is 13.5. The quantitative estimate of drug-likeness (QED) is 0.783. The van der Waals surface area contributed by atoms with Gasteiger partial charge in [-0.3, -0.25) is 9.69 Å². The highest BCUT2D eigenvalue weighted by molar-refractivity contribution is 6.30. The molecule has 1 aromatic carbocycles. The zero-order valence-corrected chi connectivity index (χ0v) is 12.8. The van der Waals surface area contributed by atoms with E-state index in [0.29, 0.717) is 6.54 Å². The number of carbonyl (C=O) groups is 1. The van der Waals surface area contributed by atoms with Crippen molar-refractivity contribution in [1.29, 1.82) is 0 Å². The van der Waals surface area contributed by atoms with Gasteiger partial charge in [0.05, 0.1) is 13.7 Å². The first-order valence-electron chi connectivity index (χ1n) is 6.75. The van der Waals surface area contributed by atoms with Crippen molar-refractivity contribution in [3.63, 3.8) is 0 Å². The molecule has 4 nitrogen and oxygen atoms in total. The summed E-state index contributed by atoms with van der Waals surface area (Å²) in [5, 5.41) is 0.725. The van der Waals surface area contributed by atoms with Crippen molar-refractivity contribution >= 4 is 17.6 Å². The highest BCUT2D eigenvalue weighted by atomic mass is 35.5. The lowest BCUT2D eigenvalue weighted by Gasteiger charge is -2.27. The number of hydrogen-bond acceptors (Lipinski definition) is 4. The van der Waals surface area contributed by atoms with Crippen molar-refractivity contribution < 1.29 is 14.3 Å². The van der Waals surface area contributed by atoms with Gasteiger partial charge in [0.2, 0.25) is 0 Å². The van der Waals surface area contributed by atoms with Crippen LogP contribution in [0.4, 0.5) is 0 Å². The summed E-state index contributed by atoms with van der Waals surface area (Å²) in [5.41, 5.74) is 1.13. The molecule has 0 aliphatic carbocycles. The molecule has 0 fully saturated rings. The Kier molecular flexibility index (Phi) is 4.89. The Morgan fingerprint density at radius 2 is 2.30 bits per heavy atom. The molecule has 0 bridgehead atoms. The van der Waals surface area contributed by atoms with E-state index in [4.69, 9.17) is 21.1 Å². The second-order valence-corrected chi connectivity index (χ2v) is 5.73. The Labute approximate surface area is 124 Å². The third-order valence-electron chi connectivity index (χ3n) is 3.49. The zero-order chi connectivity index (χ0) is 14.7. The molecular weight excluding hydrogens is 278 g/mol. The molecule has 0 amide bonds. The molecule has 0 aromatic heterocycles. The Morgan fingerprint density at radius 3 is 2.95 bits per heavy atom. The Bertz CT molecular complexity index is 490. The van der Waals surface area contributed by atoms with Crippen LogP contribution in [0.5, 0.6) is 5.75 Å². The summed E-state index contributed by atoms with van der Waals surface area (Å²) in [6.07, 6.45) is 0.871. The van der Waals surface area contributed by atoms with Crippen LogP contribution in [0.15, 0.2) is 18.2 Å². The number of nitrogens with zero attached hydrogens (tertiary/aromatic N) is 1. The summed E-state index contributed by atoms with van der Waals surface area (Å²) >= 11 is 5.99. The first-order valence-corrected chi connectivity index (χ1v) is 7.13. The highest BCUT2D eigenvalue weighted by Gasteiger charge is 2.27. The van der Waals surface area contributed by atoms with Gasteiger partial charge in [0.25, 0.3) is 0 Å². The van der Waals surface area contributed by atoms with Crippen molar-refractivity contribution in [1.82, 2.24) is 4.90 Å². The van der Waals surface area contributed by atoms with Crippen LogP contribution in [0.2, 0.25) is 5.02 Å². The average Bonchev–Trinajstić information content (AvgIpc) is 2.79. The Hall–Kier alpha value is -1.26. The van der Waals surface area contributed by atoms with E-state index in [0.717, 1.165) is 22.8 Å². The molecule has 0 saturated heterocycles. The molecule has 0 radical (unpaired) electrons. The van der Waals surface area contributed by atoms with Crippen LogP contribution in [-0.4, -0.2) is 43.2 Å². The second-order valence-electron chi connectivity index (χ2n) is 5.30. The normalized spacial score (nSPS) is 17.2. The molecule has 20 heavy (non-hydrogen) atoms. The van der Waals surface area contributed by atoms with Gasteiger partial charge in [-0.2, -0.15) is 0 Å². The number of benzene rings is 1. The molecule has 1 aliphatic heterocycles. The number of fused-ring (bicyclic) bond motifs is 1. The second kappa shape index (κ2) is 6.46. The lowest BCUT2D eigenvalue weighted by Crippen LogP contribution is -2.42. The third-order valence-corrected chi connectivity index (χ3v) is 3.73. The fourth-order valence-electron chi connectivity index (χ4n) is 2.34. The number of halogens is 1. The van der Waals surface area contributed by atoms with E-state index in [2.05, 4.69) is 18.7 Å². The topological polar surface area (TPSA) is 38.8 Å². The van der Waals surface area contributed by atoms with Gasteiger partial charge < -0.3 is 9.47 Å². The van der Waals surface area contributed by atoms with Gasteiger partial charge in [-0.15, -0.1) is 0 Å². The van der Waals surface area contributed by atoms with Crippen LogP contribution < -0.4 is 4.74 Å². The van der Waals surface area contributed by atoms with Crippen LogP contribution >= 0.6 is 11.6 Å². The fourth-order valence-corrected chi connectivity index (χ4v) is 2.54. The molecular formula is C15H20ClNO3. The Morgan fingerprint density at radius 1 is 1.55 bits per heavy atom. The molecule has 1 atom stereocenters. The molecule has 0 N–H and O–H groups in total. The number of methoxy groups -OCH3 is 1. The fraction of sp³-hybridized carbons (Fsp3) is 0.533. The molecule has 2 rings (SSSR count). The number of carbonyl (C=O) groups excluding carboxylic acids is 1. The van der Waals surface area contributed by atoms with E-state index in [1.807, 2.05) is 18.2 Å². The van der Waals surface area contributed by atoms with Crippen molar-refractivity contribution in [3.8, 4) is 5.75 Å². The summed E-state index contributed by atoms with van der Waals surface area (Å²) in [6, 6.07) is 5.93. The molecule has 110 valence electrons. The van der Waals surface area contributed by atoms with Crippen LogP contribution in [-0.2, 0) is 16.0 Å². The van der Waals surface area contributed by atoms with Gasteiger partial charge in [0, 0.05) is 24.0 Å². The van der Waals surface area contributed by atoms with Crippen LogP contribution in [0.25, 0.3) is 0 Å².